The Morgan fingerprint density at radius 2 is 1.10 bits per heavy atom. The fraction of sp³-hybridized carbons (Fsp3) is 0.800. The minimum absolute atomic E-state index is 1.07. The molecule has 0 nitrogen and oxygen atoms in total. The summed E-state index contributed by atoms with van der Waals surface area (Å²) in [5.41, 5.74) is 0. The first-order valence-electron chi connectivity index (χ1n) is 4.37. The third-order valence-electron chi connectivity index (χ3n) is 0.875. The molecule has 60 valence electrons. The van der Waals surface area contributed by atoms with Gasteiger partial charge >= 0.3 is 0 Å². The lowest BCUT2D eigenvalue weighted by molar-refractivity contribution is 0.961. The number of rotatable bonds is 2. The van der Waals surface area contributed by atoms with Crippen LogP contribution in [-0.4, -0.2) is 0 Å². The lowest BCUT2D eigenvalue weighted by atomic mass is 10.3. The molecule has 0 saturated heterocycles. The van der Waals surface area contributed by atoms with Crippen LogP contribution >= 0.6 is 0 Å². The minimum Gasteiger partial charge on any atom is -0.103 e. The van der Waals surface area contributed by atoms with E-state index in [1.54, 1.807) is 0 Å². The van der Waals surface area contributed by atoms with Crippen LogP contribution in [0.3, 0.4) is 0 Å². The summed E-state index contributed by atoms with van der Waals surface area (Å²) in [6.45, 7) is 8.31. The number of hydrogen-bond donors (Lipinski definition) is 0. The Hall–Kier alpha value is -0.440. The Morgan fingerprint density at radius 1 is 0.800 bits per heavy atom. The van der Waals surface area contributed by atoms with E-state index in [4.69, 9.17) is 0 Å². The molecule has 0 spiro atoms. The first kappa shape index (κ1) is 12.3. The molecule has 0 aromatic rings. The van der Waals surface area contributed by atoms with E-state index in [0.717, 1.165) is 12.8 Å². The Bertz CT molecular complexity index is 71.9. The van der Waals surface area contributed by atoms with Gasteiger partial charge in [-0.3, -0.25) is 0 Å². The second-order valence-corrected chi connectivity index (χ2v) is 1.85. The van der Waals surface area contributed by atoms with Gasteiger partial charge in [-0.1, -0.05) is 27.7 Å². The summed E-state index contributed by atoms with van der Waals surface area (Å²) < 4.78 is 0. The quantitative estimate of drug-likeness (QED) is 0.514. The van der Waals surface area contributed by atoms with Gasteiger partial charge in [0.2, 0.25) is 0 Å². The summed E-state index contributed by atoms with van der Waals surface area (Å²) in [4.78, 5) is 0. The van der Waals surface area contributed by atoms with Crippen molar-refractivity contribution >= 4 is 0 Å². The highest BCUT2D eigenvalue weighted by atomic mass is 13.7. The summed E-state index contributed by atoms with van der Waals surface area (Å²) >= 11 is 0. The topological polar surface area (TPSA) is 0 Å². The van der Waals surface area contributed by atoms with Crippen molar-refractivity contribution in [2.45, 2.75) is 53.4 Å². The van der Waals surface area contributed by atoms with Gasteiger partial charge in [-0.25, -0.2) is 0 Å². The molecule has 0 fully saturated rings. The zero-order valence-corrected chi connectivity index (χ0v) is 7.83. The van der Waals surface area contributed by atoms with Gasteiger partial charge in [0.15, 0.2) is 0 Å². The molecule has 0 heterocycles. The molecule has 0 unspecified atom stereocenters. The molecule has 0 aromatic carbocycles. The van der Waals surface area contributed by atoms with Crippen molar-refractivity contribution in [2.24, 2.45) is 0 Å². The lowest BCUT2D eigenvalue weighted by Gasteiger charge is -1.78. The highest BCUT2D eigenvalue weighted by molar-refractivity contribution is 4.97. The van der Waals surface area contributed by atoms with E-state index in [-0.39, 0.29) is 0 Å². The van der Waals surface area contributed by atoms with Crippen molar-refractivity contribution < 1.29 is 0 Å². The van der Waals surface area contributed by atoms with Crippen LogP contribution in [0, 0.1) is 11.8 Å². The van der Waals surface area contributed by atoms with E-state index in [9.17, 15) is 0 Å². The Kier molecular flexibility index (Phi) is 19.4. The molecule has 0 saturated carbocycles. The molecule has 0 atom stereocenters. The zero-order chi connectivity index (χ0) is 8.24. The Morgan fingerprint density at radius 3 is 1.30 bits per heavy atom. The van der Waals surface area contributed by atoms with Crippen LogP contribution in [0.5, 0.6) is 0 Å². The summed E-state index contributed by atoms with van der Waals surface area (Å²) in [5.74, 6) is 6.17. The Balaban J connectivity index is 0. The maximum atomic E-state index is 3.09. The van der Waals surface area contributed by atoms with Crippen LogP contribution in [0.25, 0.3) is 0 Å². The molecule has 0 bridgehead atoms. The molecule has 0 aliphatic rings. The van der Waals surface area contributed by atoms with E-state index < -0.39 is 0 Å². The molecule has 0 radical (unpaired) electrons. The molecule has 0 rings (SSSR count). The SMILES string of the molecule is CC.CCCC#CCCC. The number of hydrogen-bond acceptors (Lipinski definition) is 0. The summed E-state index contributed by atoms with van der Waals surface area (Å²) in [5, 5.41) is 0. The van der Waals surface area contributed by atoms with Crippen molar-refractivity contribution in [2.75, 3.05) is 0 Å². The monoisotopic (exact) mass is 140 g/mol. The molecule has 0 aliphatic carbocycles. The first-order chi connectivity index (χ1) is 4.91. The molecule has 10 heavy (non-hydrogen) atoms. The van der Waals surface area contributed by atoms with Crippen molar-refractivity contribution in [3.63, 3.8) is 0 Å². The van der Waals surface area contributed by atoms with Crippen LogP contribution in [0.15, 0.2) is 0 Å². The van der Waals surface area contributed by atoms with Crippen LogP contribution in [0.2, 0.25) is 0 Å². The normalized spacial score (nSPS) is 6.80. The van der Waals surface area contributed by atoms with Gasteiger partial charge in [0.05, 0.1) is 0 Å². The van der Waals surface area contributed by atoms with Gasteiger partial charge in [0.25, 0.3) is 0 Å². The van der Waals surface area contributed by atoms with E-state index in [0.29, 0.717) is 0 Å². The van der Waals surface area contributed by atoms with Gasteiger partial charge in [-0.05, 0) is 12.8 Å². The predicted octanol–water partition coefficient (Wildman–Crippen LogP) is 3.62. The maximum absolute atomic E-state index is 3.09. The average Bonchev–Trinajstić information content (AvgIpc) is 2.02. The van der Waals surface area contributed by atoms with Gasteiger partial charge in [0, 0.05) is 12.8 Å². The third kappa shape index (κ3) is 15.6. The summed E-state index contributed by atoms with van der Waals surface area (Å²) in [6.07, 6.45) is 4.52. The maximum Gasteiger partial charge on any atom is 0.00860 e. The van der Waals surface area contributed by atoms with Crippen molar-refractivity contribution in [3.8, 4) is 11.8 Å². The molecular weight excluding hydrogens is 120 g/mol. The highest BCUT2D eigenvalue weighted by Gasteiger charge is 1.69. The van der Waals surface area contributed by atoms with E-state index in [2.05, 4.69) is 25.7 Å². The molecule has 0 heteroatoms. The number of unbranched alkanes of at least 4 members (excludes halogenated alkanes) is 2. The fourth-order valence-electron chi connectivity index (χ4n) is 0.427. The van der Waals surface area contributed by atoms with Crippen molar-refractivity contribution in [1.29, 1.82) is 0 Å². The van der Waals surface area contributed by atoms with Gasteiger partial charge in [-0.2, -0.15) is 0 Å². The largest absolute Gasteiger partial charge is 0.103 e. The third-order valence-corrected chi connectivity index (χ3v) is 0.875. The molecule has 0 aromatic heterocycles. The Labute approximate surface area is 66.0 Å². The predicted molar refractivity (Wildman–Crippen MR) is 48.9 cm³/mol. The second kappa shape index (κ2) is 15.8. The van der Waals surface area contributed by atoms with Gasteiger partial charge in [0.1, 0.15) is 0 Å². The van der Waals surface area contributed by atoms with Gasteiger partial charge in [-0.15, -0.1) is 11.8 Å². The molecular formula is C10H20. The van der Waals surface area contributed by atoms with Crippen LogP contribution in [0.1, 0.15) is 53.4 Å². The summed E-state index contributed by atoms with van der Waals surface area (Å²) in [7, 11) is 0. The summed E-state index contributed by atoms with van der Waals surface area (Å²) in [6, 6.07) is 0. The molecule has 0 aliphatic heterocycles. The molecule has 0 N–H and O–H groups in total. The highest BCUT2D eigenvalue weighted by Crippen LogP contribution is 1.85. The smallest absolute Gasteiger partial charge is 0.00860 e. The van der Waals surface area contributed by atoms with Gasteiger partial charge < -0.3 is 0 Å². The van der Waals surface area contributed by atoms with Crippen LogP contribution in [0.4, 0.5) is 0 Å². The first-order valence-corrected chi connectivity index (χ1v) is 4.37. The lowest BCUT2D eigenvalue weighted by Crippen LogP contribution is -1.63. The van der Waals surface area contributed by atoms with Crippen molar-refractivity contribution in [1.82, 2.24) is 0 Å². The van der Waals surface area contributed by atoms with E-state index >= 15 is 0 Å². The van der Waals surface area contributed by atoms with E-state index in [1.165, 1.54) is 12.8 Å². The van der Waals surface area contributed by atoms with Crippen LogP contribution in [-0.2, 0) is 0 Å². The average molecular weight is 140 g/mol. The second-order valence-electron chi connectivity index (χ2n) is 1.85. The standard InChI is InChI=1S/C8H14.C2H6/c1-3-5-7-8-6-4-2;1-2/h3-6H2,1-2H3;1-2H3. The zero-order valence-electron chi connectivity index (χ0n) is 7.83. The fourth-order valence-corrected chi connectivity index (χ4v) is 0.427. The van der Waals surface area contributed by atoms with Crippen LogP contribution < -0.4 is 0 Å². The van der Waals surface area contributed by atoms with Crippen molar-refractivity contribution in [3.05, 3.63) is 0 Å². The van der Waals surface area contributed by atoms with E-state index in [1.807, 2.05) is 13.8 Å². The molecule has 0 amide bonds. The minimum atomic E-state index is 1.07.